The summed E-state index contributed by atoms with van der Waals surface area (Å²) < 4.78 is 0. The number of hydrogen-bond acceptors (Lipinski definition) is 2. The van der Waals surface area contributed by atoms with Gasteiger partial charge in [-0.3, -0.25) is 0 Å². The number of hydrogen-bond donors (Lipinski definition) is 0. The first-order chi connectivity index (χ1) is 9.11. The zero-order valence-electron chi connectivity index (χ0n) is 12.1. The summed E-state index contributed by atoms with van der Waals surface area (Å²) in [7, 11) is 3.61. The van der Waals surface area contributed by atoms with Gasteiger partial charge >= 0.3 is 6.03 Å². The Morgan fingerprint density at radius 1 is 1.11 bits per heavy atom. The van der Waals surface area contributed by atoms with Gasteiger partial charge in [-0.15, -0.1) is 0 Å². The average Bonchev–Trinajstić information content (AvgIpc) is 2.46. The zero-order chi connectivity index (χ0) is 13.8. The van der Waals surface area contributed by atoms with Gasteiger partial charge in [0.2, 0.25) is 0 Å². The van der Waals surface area contributed by atoms with Gasteiger partial charge in [-0.2, -0.15) is 0 Å². The molecule has 1 aromatic rings. The number of carbonyl (C=O) groups excluding carboxylic acids is 1. The first kappa shape index (κ1) is 13.7. The number of benzene rings is 1. The first-order valence-electron chi connectivity index (χ1n) is 6.92. The van der Waals surface area contributed by atoms with Gasteiger partial charge in [0.15, 0.2) is 0 Å². The van der Waals surface area contributed by atoms with E-state index in [9.17, 15) is 4.79 Å². The van der Waals surface area contributed by atoms with Crippen LogP contribution in [0.3, 0.4) is 0 Å². The molecule has 2 rings (SSSR count). The minimum atomic E-state index is 0.112. The van der Waals surface area contributed by atoms with Crippen LogP contribution in [0.4, 0.5) is 10.5 Å². The molecule has 2 amide bonds. The topological polar surface area (TPSA) is 26.8 Å². The Labute approximate surface area is 115 Å². The number of carbonyl (C=O) groups is 1. The van der Waals surface area contributed by atoms with E-state index < -0.39 is 0 Å². The first-order valence-corrected chi connectivity index (χ1v) is 6.92. The Morgan fingerprint density at radius 3 is 2.16 bits per heavy atom. The monoisotopic (exact) mass is 261 g/mol. The van der Waals surface area contributed by atoms with E-state index >= 15 is 0 Å². The molecule has 1 fully saturated rings. The molecule has 0 bridgehead atoms. The number of rotatable bonds is 2. The quantitative estimate of drug-likeness (QED) is 0.814. The second-order valence-corrected chi connectivity index (χ2v) is 5.17. The number of piperazine rings is 1. The molecule has 4 nitrogen and oxygen atoms in total. The number of aryl methyl sites for hydroxylation is 1. The maximum absolute atomic E-state index is 11.9. The lowest BCUT2D eigenvalue weighted by molar-refractivity contribution is 0.168. The molecular formula is C15H23N3O. The lowest BCUT2D eigenvalue weighted by Gasteiger charge is -2.37. The molecule has 1 aliphatic heterocycles. The van der Waals surface area contributed by atoms with Crippen molar-refractivity contribution < 1.29 is 4.79 Å². The molecular weight excluding hydrogens is 238 g/mol. The van der Waals surface area contributed by atoms with Gasteiger partial charge in [-0.05, 0) is 24.1 Å². The van der Waals surface area contributed by atoms with Crippen molar-refractivity contribution in [2.45, 2.75) is 13.3 Å². The van der Waals surface area contributed by atoms with Crippen LogP contribution < -0.4 is 4.90 Å². The lowest BCUT2D eigenvalue weighted by atomic mass is 10.1. The molecule has 0 spiro atoms. The Hall–Kier alpha value is -1.71. The van der Waals surface area contributed by atoms with Gasteiger partial charge < -0.3 is 14.7 Å². The maximum Gasteiger partial charge on any atom is 0.319 e. The summed E-state index contributed by atoms with van der Waals surface area (Å²) in [5.41, 5.74) is 2.62. The van der Waals surface area contributed by atoms with Crippen molar-refractivity contribution in [2.75, 3.05) is 45.2 Å². The highest BCUT2D eigenvalue weighted by Gasteiger charge is 2.22. The summed E-state index contributed by atoms with van der Waals surface area (Å²) in [6.07, 6.45) is 1.07. The van der Waals surface area contributed by atoms with Crippen LogP contribution >= 0.6 is 0 Å². The smallest absolute Gasteiger partial charge is 0.319 e. The Bertz CT molecular complexity index is 420. The molecule has 1 saturated heterocycles. The van der Waals surface area contributed by atoms with E-state index in [-0.39, 0.29) is 6.03 Å². The molecule has 1 aromatic carbocycles. The van der Waals surface area contributed by atoms with Crippen LogP contribution in [0.5, 0.6) is 0 Å². The highest BCUT2D eigenvalue weighted by atomic mass is 16.2. The minimum Gasteiger partial charge on any atom is -0.368 e. The van der Waals surface area contributed by atoms with Gasteiger partial charge in [0, 0.05) is 46.0 Å². The van der Waals surface area contributed by atoms with E-state index in [1.165, 1.54) is 11.3 Å². The predicted octanol–water partition coefficient (Wildman–Crippen LogP) is 2.05. The summed E-state index contributed by atoms with van der Waals surface area (Å²) in [6.45, 7) is 5.58. The third-order valence-electron chi connectivity index (χ3n) is 3.64. The average molecular weight is 261 g/mol. The van der Waals surface area contributed by atoms with E-state index in [2.05, 4.69) is 36.1 Å². The van der Waals surface area contributed by atoms with Crippen LogP contribution in [0.25, 0.3) is 0 Å². The van der Waals surface area contributed by atoms with E-state index in [0.717, 1.165) is 32.6 Å². The SMILES string of the molecule is CCc1ccc(N2CCN(C(=O)N(C)C)CC2)cc1. The highest BCUT2D eigenvalue weighted by molar-refractivity contribution is 5.74. The second kappa shape index (κ2) is 5.95. The van der Waals surface area contributed by atoms with Crippen LogP contribution in [0.1, 0.15) is 12.5 Å². The molecule has 1 aliphatic rings. The Morgan fingerprint density at radius 2 is 1.68 bits per heavy atom. The molecule has 104 valence electrons. The normalized spacial score (nSPS) is 15.5. The maximum atomic E-state index is 11.9. The second-order valence-electron chi connectivity index (χ2n) is 5.17. The number of anilines is 1. The van der Waals surface area contributed by atoms with Gasteiger partial charge in [-0.1, -0.05) is 19.1 Å². The van der Waals surface area contributed by atoms with Gasteiger partial charge in [0.25, 0.3) is 0 Å². The summed E-state index contributed by atoms with van der Waals surface area (Å²) in [5.74, 6) is 0. The van der Waals surface area contributed by atoms with Gasteiger partial charge in [0.1, 0.15) is 0 Å². The van der Waals surface area contributed by atoms with E-state index in [1.54, 1.807) is 19.0 Å². The fraction of sp³-hybridized carbons (Fsp3) is 0.533. The Balaban J connectivity index is 1.94. The summed E-state index contributed by atoms with van der Waals surface area (Å²) in [6, 6.07) is 8.85. The minimum absolute atomic E-state index is 0.112. The molecule has 0 N–H and O–H groups in total. The zero-order valence-corrected chi connectivity index (χ0v) is 12.1. The molecule has 4 heteroatoms. The number of urea groups is 1. The fourth-order valence-electron chi connectivity index (χ4n) is 2.38. The van der Waals surface area contributed by atoms with Crippen molar-refractivity contribution in [3.8, 4) is 0 Å². The largest absolute Gasteiger partial charge is 0.368 e. The third kappa shape index (κ3) is 3.19. The van der Waals surface area contributed by atoms with Crippen molar-refractivity contribution in [2.24, 2.45) is 0 Å². The van der Waals surface area contributed by atoms with Crippen molar-refractivity contribution >= 4 is 11.7 Å². The summed E-state index contributed by atoms with van der Waals surface area (Å²) in [5, 5.41) is 0. The molecule has 0 aromatic heterocycles. The Kier molecular flexibility index (Phi) is 4.30. The summed E-state index contributed by atoms with van der Waals surface area (Å²) >= 11 is 0. The highest BCUT2D eigenvalue weighted by Crippen LogP contribution is 2.17. The van der Waals surface area contributed by atoms with Crippen LogP contribution in [0.15, 0.2) is 24.3 Å². The van der Waals surface area contributed by atoms with Crippen LogP contribution in [0.2, 0.25) is 0 Å². The molecule has 0 radical (unpaired) electrons. The van der Waals surface area contributed by atoms with Crippen molar-refractivity contribution in [1.82, 2.24) is 9.80 Å². The fourth-order valence-corrected chi connectivity index (χ4v) is 2.38. The van der Waals surface area contributed by atoms with Crippen molar-refractivity contribution in [3.05, 3.63) is 29.8 Å². The molecule has 0 unspecified atom stereocenters. The van der Waals surface area contributed by atoms with E-state index in [0.29, 0.717) is 0 Å². The van der Waals surface area contributed by atoms with Gasteiger partial charge in [-0.25, -0.2) is 4.79 Å². The lowest BCUT2D eigenvalue weighted by Crippen LogP contribution is -2.51. The van der Waals surface area contributed by atoms with E-state index in [1.807, 2.05) is 4.90 Å². The van der Waals surface area contributed by atoms with Gasteiger partial charge in [0.05, 0.1) is 0 Å². The molecule has 0 atom stereocenters. The molecule has 19 heavy (non-hydrogen) atoms. The number of nitrogens with zero attached hydrogens (tertiary/aromatic N) is 3. The predicted molar refractivity (Wildman–Crippen MR) is 78.7 cm³/mol. The molecule has 1 heterocycles. The van der Waals surface area contributed by atoms with Crippen LogP contribution in [-0.4, -0.2) is 56.1 Å². The van der Waals surface area contributed by atoms with Crippen molar-refractivity contribution in [3.63, 3.8) is 0 Å². The van der Waals surface area contributed by atoms with Crippen LogP contribution in [0, 0.1) is 0 Å². The summed E-state index contributed by atoms with van der Waals surface area (Å²) in [4.78, 5) is 17.8. The molecule has 0 aliphatic carbocycles. The molecule has 0 saturated carbocycles. The van der Waals surface area contributed by atoms with E-state index in [4.69, 9.17) is 0 Å². The van der Waals surface area contributed by atoms with Crippen LogP contribution in [-0.2, 0) is 6.42 Å². The van der Waals surface area contributed by atoms with Crippen molar-refractivity contribution in [1.29, 1.82) is 0 Å². The standard InChI is InChI=1S/C15H23N3O/c1-4-13-5-7-14(8-6-13)17-9-11-18(12-10-17)15(19)16(2)3/h5-8H,4,9-12H2,1-3H3. The third-order valence-corrected chi connectivity index (χ3v) is 3.64. The number of amides is 2.